The first-order valence-electron chi connectivity index (χ1n) is 9.30. The van der Waals surface area contributed by atoms with Gasteiger partial charge in [0, 0.05) is 52.1 Å². The second-order valence-corrected chi connectivity index (χ2v) is 8.29. The molecule has 0 saturated carbocycles. The summed E-state index contributed by atoms with van der Waals surface area (Å²) in [6.07, 6.45) is 4.56. The fourth-order valence-electron chi connectivity index (χ4n) is 3.01. The molecule has 0 aliphatic carbocycles. The van der Waals surface area contributed by atoms with Crippen molar-refractivity contribution in [2.24, 2.45) is 4.99 Å². The van der Waals surface area contributed by atoms with Gasteiger partial charge in [-0.3, -0.25) is 9.98 Å². The van der Waals surface area contributed by atoms with E-state index in [2.05, 4.69) is 35.4 Å². The third-order valence-electron chi connectivity index (χ3n) is 4.39. The molecule has 29 heavy (non-hydrogen) atoms. The molecule has 2 aromatic rings. The Balaban J connectivity index is 1.45. The number of hydrogen-bond donors (Lipinski definition) is 3. The quantitative estimate of drug-likeness (QED) is 0.288. The molecule has 1 atom stereocenters. The second-order valence-electron chi connectivity index (χ2n) is 6.52. The van der Waals surface area contributed by atoms with E-state index in [1.165, 1.54) is 18.5 Å². The van der Waals surface area contributed by atoms with Crippen LogP contribution in [-0.4, -0.2) is 67.4 Å². The second kappa shape index (κ2) is 9.76. The summed E-state index contributed by atoms with van der Waals surface area (Å²) in [6.45, 7) is 1.69. The molecule has 3 rings (SSSR count). The van der Waals surface area contributed by atoms with Crippen LogP contribution in [0.4, 0.5) is 0 Å². The standard InChI is InChI=1S/C17H26N8O3S/c1-18-17(20-8-9-21-29(26,27)14-4-3-7-19-10-14)22-13-5-6-16-23-15(12-28-2)24-25(16)11-13/h3-4,7,10,13,21H,5-6,8-9,11-12H2,1-2H3,(H2,18,20,22). The number of methoxy groups -OCH3 is 1. The van der Waals surface area contributed by atoms with Crippen LogP contribution in [-0.2, 0) is 34.3 Å². The van der Waals surface area contributed by atoms with Crippen LogP contribution in [0.1, 0.15) is 18.1 Å². The SMILES string of the molecule is CN=C(NCCNS(=O)(=O)c1cccnc1)NC1CCc2nc(COC)nn2C1. The first-order valence-corrected chi connectivity index (χ1v) is 10.8. The van der Waals surface area contributed by atoms with Crippen molar-refractivity contribution in [3.63, 3.8) is 0 Å². The average Bonchev–Trinajstić information content (AvgIpc) is 3.13. The topological polar surface area (TPSA) is 135 Å². The summed E-state index contributed by atoms with van der Waals surface area (Å²) >= 11 is 0. The van der Waals surface area contributed by atoms with Gasteiger partial charge in [0.15, 0.2) is 11.8 Å². The number of nitrogens with zero attached hydrogens (tertiary/aromatic N) is 5. The van der Waals surface area contributed by atoms with E-state index in [1.54, 1.807) is 20.2 Å². The summed E-state index contributed by atoms with van der Waals surface area (Å²) in [5.41, 5.74) is 0. The zero-order chi connectivity index (χ0) is 20.7. The van der Waals surface area contributed by atoms with Crippen molar-refractivity contribution >= 4 is 16.0 Å². The highest BCUT2D eigenvalue weighted by molar-refractivity contribution is 7.89. The fourth-order valence-corrected chi connectivity index (χ4v) is 4.01. The van der Waals surface area contributed by atoms with Gasteiger partial charge in [0.05, 0.1) is 6.54 Å². The van der Waals surface area contributed by atoms with Crippen LogP contribution in [0.2, 0.25) is 0 Å². The van der Waals surface area contributed by atoms with E-state index in [1.807, 2.05) is 4.68 Å². The first kappa shape index (κ1) is 21.1. The summed E-state index contributed by atoms with van der Waals surface area (Å²) in [5, 5.41) is 10.9. The van der Waals surface area contributed by atoms with Gasteiger partial charge in [0.25, 0.3) is 0 Å². The number of rotatable bonds is 8. The summed E-state index contributed by atoms with van der Waals surface area (Å²) in [6, 6.07) is 3.24. The van der Waals surface area contributed by atoms with Crippen LogP contribution < -0.4 is 15.4 Å². The van der Waals surface area contributed by atoms with E-state index in [-0.39, 0.29) is 17.5 Å². The molecule has 3 heterocycles. The van der Waals surface area contributed by atoms with Gasteiger partial charge in [-0.15, -0.1) is 0 Å². The molecule has 0 amide bonds. The van der Waals surface area contributed by atoms with Crippen molar-refractivity contribution in [2.75, 3.05) is 27.2 Å². The average molecular weight is 423 g/mol. The monoisotopic (exact) mass is 422 g/mol. The number of aliphatic imine (C=N–C) groups is 1. The van der Waals surface area contributed by atoms with Crippen molar-refractivity contribution in [3.05, 3.63) is 36.2 Å². The Labute approximate surface area is 170 Å². The smallest absolute Gasteiger partial charge is 0.242 e. The molecule has 0 spiro atoms. The minimum absolute atomic E-state index is 0.140. The Bertz CT molecular complexity index is 929. The molecule has 12 heteroatoms. The van der Waals surface area contributed by atoms with E-state index in [9.17, 15) is 8.42 Å². The molecule has 3 N–H and O–H groups in total. The molecule has 0 aromatic carbocycles. The molecule has 11 nitrogen and oxygen atoms in total. The number of pyridine rings is 1. The van der Waals surface area contributed by atoms with Gasteiger partial charge in [-0.1, -0.05) is 0 Å². The molecule has 158 valence electrons. The highest BCUT2D eigenvalue weighted by Gasteiger charge is 2.22. The Morgan fingerprint density at radius 2 is 2.28 bits per heavy atom. The normalized spacial score (nSPS) is 17.0. The number of nitrogens with one attached hydrogen (secondary N) is 3. The van der Waals surface area contributed by atoms with Gasteiger partial charge in [0.1, 0.15) is 17.3 Å². The predicted molar refractivity (Wildman–Crippen MR) is 107 cm³/mol. The number of ether oxygens (including phenoxy) is 1. The van der Waals surface area contributed by atoms with E-state index in [0.29, 0.717) is 31.5 Å². The molecule has 1 aliphatic heterocycles. The Morgan fingerprint density at radius 1 is 1.41 bits per heavy atom. The largest absolute Gasteiger partial charge is 0.377 e. The van der Waals surface area contributed by atoms with Crippen molar-refractivity contribution in [3.8, 4) is 0 Å². The lowest BCUT2D eigenvalue weighted by Crippen LogP contribution is -2.48. The van der Waals surface area contributed by atoms with Gasteiger partial charge in [-0.2, -0.15) is 5.10 Å². The molecule has 0 bridgehead atoms. The minimum Gasteiger partial charge on any atom is -0.377 e. The summed E-state index contributed by atoms with van der Waals surface area (Å²) in [7, 11) is -0.272. The molecule has 1 aliphatic rings. The van der Waals surface area contributed by atoms with E-state index in [4.69, 9.17) is 4.74 Å². The van der Waals surface area contributed by atoms with Crippen LogP contribution in [0.5, 0.6) is 0 Å². The summed E-state index contributed by atoms with van der Waals surface area (Å²) < 4.78 is 33.9. The van der Waals surface area contributed by atoms with Gasteiger partial charge < -0.3 is 15.4 Å². The summed E-state index contributed by atoms with van der Waals surface area (Å²) in [4.78, 5) is 12.6. The Hall–Kier alpha value is -2.57. The number of fused-ring (bicyclic) bond motifs is 1. The molecule has 0 fully saturated rings. The third kappa shape index (κ3) is 5.71. The number of guanidine groups is 1. The molecule has 0 radical (unpaired) electrons. The number of hydrogen-bond acceptors (Lipinski definition) is 7. The molecular formula is C17H26N8O3S. The molecule has 1 unspecified atom stereocenters. The fraction of sp³-hybridized carbons (Fsp3) is 0.529. The van der Waals surface area contributed by atoms with Gasteiger partial charge in [0.2, 0.25) is 10.0 Å². The lowest BCUT2D eigenvalue weighted by molar-refractivity contribution is 0.177. The first-order chi connectivity index (χ1) is 14.0. The van der Waals surface area contributed by atoms with E-state index >= 15 is 0 Å². The molecule has 2 aromatic heterocycles. The lowest BCUT2D eigenvalue weighted by atomic mass is 10.1. The van der Waals surface area contributed by atoms with Gasteiger partial charge in [-0.05, 0) is 18.6 Å². The van der Waals surface area contributed by atoms with Gasteiger partial charge in [-0.25, -0.2) is 22.8 Å². The number of aryl methyl sites for hydroxylation is 1. The Morgan fingerprint density at radius 3 is 3.00 bits per heavy atom. The maximum atomic E-state index is 12.2. The number of sulfonamides is 1. The zero-order valence-electron chi connectivity index (χ0n) is 16.5. The van der Waals surface area contributed by atoms with E-state index < -0.39 is 10.0 Å². The van der Waals surface area contributed by atoms with Crippen molar-refractivity contribution in [1.29, 1.82) is 0 Å². The van der Waals surface area contributed by atoms with E-state index in [0.717, 1.165) is 18.7 Å². The third-order valence-corrected chi connectivity index (χ3v) is 5.84. The maximum absolute atomic E-state index is 12.2. The van der Waals surface area contributed by atoms with Crippen molar-refractivity contribution < 1.29 is 13.2 Å². The van der Waals surface area contributed by atoms with Gasteiger partial charge >= 0.3 is 0 Å². The van der Waals surface area contributed by atoms with Crippen molar-refractivity contribution in [2.45, 2.75) is 36.9 Å². The predicted octanol–water partition coefficient (Wildman–Crippen LogP) is -0.722. The van der Waals surface area contributed by atoms with Crippen LogP contribution >= 0.6 is 0 Å². The minimum atomic E-state index is -3.57. The van der Waals surface area contributed by atoms with Crippen LogP contribution in [0.3, 0.4) is 0 Å². The highest BCUT2D eigenvalue weighted by atomic mass is 32.2. The maximum Gasteiger partial charge on any atom is 0.242 e. The lowest BCUT2D eigenvalue weighted by Gasteiger charge is -2.25. The molecule has 0 saturated heterocycles. The number of aromatic nitrogens is 4. The summed E-state index contributed by atoms with van der Waals surface area (Å²) in [5.74, 6) is 2.26. The van der Waals surface area contributed by atoms with Crippen LogP contribution in [0, 0.1) is 0 Å². The Kier molecular flexibility index (Phi) is 7.12. The highest BCUT2D eigenvalue weighted by Crippen LogP contribution is 2.13. The molecular weight excluding hydrogens is 396 g/mol. The van der Waals surface area contributed by atoms with Crippen LogP contribution in [0.15, 0.2) is 34.4 Å². The zero-order valence-corrected chi connectivity index (χ0v) is 17.3. The van der Waals surface area contributed by atoms with Crippen molar-refractivity contribution in [1.82, 2.24) is 35.1 Å². The van der Waals surface area contributed by atoms with Crippen LogP contribution in [0.25, 0.3) is 0 Å².